The number of methoxy groups -OCH3 is 1. The van der Waals surface area contributed by atoms with Gasteiger partial charge in [0.15, 0.2) is 16.3 Å². The second-order valence-corrected chi connectivity index (χ2v) is 9.32. The molecule has 38 heavy (non-hydrogen) atoms. The predicted molar refractivity (Wildman–Crippen MR) is 147 cm³/mol. The molecule has 0 amide bonds. The van der Waals surface area contributed by atoms with E-state index >= 15 is 0 Å². The van der Waals surface area contributed by atoms with Crippen LogP contribution in [-0.2, 0) is 9.53 Å². The van der Waals surface area contributed by atoms with Crippen LogP contribution in [0.1, 0.15) is 37.9 Å². The summed E-state index contributed by atoms with van der Waals surface area (Å²) >= 11 is 1.26. The molecule has 198 valence electrons. The van der Waals surface area contributed by atoms with Gasteiger partial charge in [-0.25, -0.2) is 9.79 Å². The Morgan fingerprint density at radius 2 is 1.87 bits per heavy atom. The van der Waals surface area contributed by atoms with Crippen LogP contribution in [0, 0.1) is 0 Å². The van der Waals surface area contributed by atoms with Crippen LogP contribution >= 0.6 is 11.3 Å². The second kappa shape index (κ2) is 12.0. The zero-order valence-corrected chi connectivity index (χ0v) is 22.7. The lowest BCUT2D eigenvalue weighted by molar-refractivity contribution is -0.139. The third-order valence-corrected chi connectivity index (χ3v) is 6.85. The van der Waals surface area contributed by atoms with E-state index in [1.807, 2.05) is 31.2 Å². The SMILES string of the molecule is C=CCOc1ccc(C2C(C(=O)OCC)=C(C)N=c3s/c(=C\c4ccc(OC)c(OCC)c4)c(=O)n32)cc1. The Hall–Kier alpha value is -4.11. The zero-order chi connectivity index (χ0) is 27.2. The molecule has 1 unspecified atom stereocenters. The summed E-state index contributed by atoms with van der Waals surface area (Å²) in [5.41, 5.74) is 2.10. The Morgan fingerprint density at radius 1 is 1.11 bits per heavy atom. The van der Waals surface area contributed by atoms with Gasteiger partial charge in [0.25, 0.3) is 5.56 Å². The predicted octanol–water partition coefficient (Wildman–Crippen LogP) is 3.77. The van der Waals surface area contributed by atoms with Gasteiger partial charge in [0.05, 0.1) is 42.2 Å². The normalized spacial score (nSPS) is 14.9. The first kappa shape index (κ1) is 26.9. The van der Waals surface area contributed by atoms with Crippen LogP contribution in [0.3, 0.4) is 0 Å². The van der Waals surface area contributed by atoms with Crippen LogP contribution in [0.15, 0.2) is 76.2 Å². The number of fused-ring (bicyclic) bond motifs is 1. The van der Waals surface area contributed by atoms with E-state index in [1.54, 1.807) is 55.9 Å². The molecule has 0 fully saturated rings. The Balaban J connectivity index is 1.86. The largest absolute Gasteiger partial charge is 0.493 e. The van der Waals surface area contributed by atoms with Crippen molar-refractivity contribution in [2.24, 2.45) is 4.99 Å². The fourth-order valence-corrected chi connectivity index (χ4v) is 5.26. The van der Waals surface area contributed by atoms with E-state index < -0.39 is 12.0 Å². The minimum absolute atomic E-state index is 0.209. The van der Waals surface area contributed by atoms with Gasteiger partial charge < -0.3 is 18.9 Å². The van der Waals surface area contributed by atoms with Crippen molar-refractivity contribution in [1.82, 2.24) is 4.57 Å². The van der Waals surface area contributed by atoms with Crippen molar-refractivity contribution in [3.63, 3.8) is 0 Å². The van der Waals surface area contributed by atoms with Gasteiger partial charge in [0.2, 0.25) is 0 Å². The number of ether oxygens (including phenoxy) is 4. The maximum Gasteiger partial charge on any atom is 0.338 e. The second-order valence-electron chi connectivity index (χ2n) is 8.31. The topological polar surface area (TPSA) is 88.4 Å². The van der Waals surface area contributed by atoms with Gasteiger partial charge in [0.1, 0.15) is 12.4 Å². The molecule has 0 bridgehead atoms. The molecular weight excluding hydrogens is 504 g/mol. The van der Waals surface area contributed by atoms with Crippen LogP contribution < -0.4 is 29.1 Å². The summed E-state index contributed by atoms with van der Waals surface area (Å²) in [5, 5.41) is 0. The number of benzene rings is 2. The Kier molecular flexibility index (Phi) is 8.48. The number of thiazole rings is 1. The first-order valence-electron chi connectivity index (χ1n) is 12.3. The van der Waals surface area contributed by atoms with Crippen molar-refractivity contribution >= 4 is 23.4 Å². The molecule has 3 aromatic rings. The summed E-state index contributed by atoms with van der Waals surface area (Å²) in [5.74, 6) is 1.36. The number of allylic oxidation sites excluding steroid dienone is 1. The van der Waals surface area contributed by atoms with Crippen molar-refractivity contribution in [2.75, 3.05) is 26.9 Å². The van der Waals surface area contributed by atoms with Gasteiger partial charge >= 0.3 is 5.97 Å². The summed E-state index contributed by atoms with van der Waals surface area (Å²) in [6.45, 7) is 10.1. The molecule has 0 saturated carbocycles. The number of carbonyl (C=O) groups is 1. The third kappa shape index (κ3) is 5.43. The monoisotopic (exact) mass is 534 g/mol. The molecule has 2 aromatic carbocycles. The molecule has 4 rings (SSSR count). The van der Waals surface area contributed by atoms with E-state index in [0.717, 1.165) is 11.1 Å². The van der Waals surface area contributed by atoms with Crippen LogP contribution in [0.25, 0.3) is 6.08 Å². The lowest BCUT2D eigenvalue weighted by Crippen LogP contribution is -2.39. The lowest BCUT2D eigenvalue weighted by Gasteiger charge is -2.24. The van der Waals surface area contributed by atoms with E-state index in [4.69, 9.17) is 18.9 Å². The summed E-state index contributed by atoms with van der Waals surface area (Å²) in [6.07, 6.45) is 3.45. The van der Waals surface area contributed by atoms with E-state index in [9.17, 15) is 9.59 Å². The first-order chi connectivity index (χ1) is 18.4. The standard InChI is InChI=1S/C29H30N2O6S/c1-6-15-37-21-12-10-20(11-13-21)26-25(28(33)36-8-3)18(4)30-29-31(26)27(32)24(38-29)17-19-9-14-22(34-5)23(16-19)35-7-2/h6,9-14,16-17,26H,1,7-8,15H2,2-5H3/b24-17-. The molecule has 0 N–H and O–H groups in total. The van der Waals surface area contributed by atoms with Crippen LogP contribution in [0.2, 0.25) is 0 Å². The number of rotatable bonds is 10. The summed E-state index contributed by atoms with van der Waals surface area (Å²) in [7, 11) is 1.58. The molecule has 9 heteroatoms. The maximum atomic E-state index is 13.8. The summed E-state index contributed by atoms with van der Waals surface area (Å²) in [6, 6.07) is 12.1. The number of carbonyl (C=O) groups excluding carboxylic acids is 1. The van der Waals surface area contributed by atoms with E-state index in [-0.39, 0.29) is 12.2 Å². The van der Waals surface area contributed by atoms with Crippen LogP contribution in [0.5, 0.6) is 17.2 Å². The highest BCUT2D eigenvalue weighted by atomic mass is 32.1. The molecule has 1 aliphatic rings. The smallest absolute Gasteiger partial charge is 0.338 e. The van der Waals surface area contributed by atoms with Crippen molar-refractivity contribution in [3.8, 4) is 17.2 Å². The fraction of sp³-hybridized carbons (Fsp3) is 0.276. The Bertz CT molecular complexity index is 1550. The van der Waals surface area contributed by atoms with Gasteiger partial charge in [-0.15, -0.1) is 0 Å². The van der Waals surface area contributed by atoms with E-state index in [0.29, 0.717) is 51.1 Å². The van der Waals surface area contributed by atoms with Crippen LogP contribution in [0.4, 0.5) is 0 Å². The molecule has 1 aliphatic heterocycles. The summed E-state index contributed by atoms with van der Waals surface area (Å²) < 4.78 is 24.1. The zero-order valence-electron chi connectivity index (χ0n) is 21.9. The van der Waals surface area contributed by atoms with Crippen molar-refractivity contribution in [1.29, 1.82) is 0 Å². The van der Waals surface area contributed by atoms with Gasteiger partial charge in [-0.3, -0.25) is 9.36 Å². The molecule has 2 heterocycles. The number of aromatic nitrogens is 1. The minimum Gasteiger partial charge on any atom is -0.493 e. The molecule has 0 saturated heterocycles. The summed E-state index contributed by atoms with van der Waals surface area (Å²) in [4.78, 5) is 32.0. The van der Waals surface area contributed by atoms with Gasteiger partial charge in [0, 0.05) is 0 Å². The van der Waals surface area contributed by atoms with E-state index in [2.05, 4.69) is 11.6 Å². The minimum atomic E-state index is -0.698. The van der Waals surface area contributed by atoms with Gasteiger partial charge in [-0.05, 0) is 62.2 Å². The first-order valence-corrected chi connectivity index (χ1v) is 13.1. The highest BCUT2D eigenvalue weighted by Crippen LogP contribution is 2.32. The highest BCUT2D eigenvalue weighted by Gasteiger charge is 2.33. The maximum absolute atomic E-state index is 13.8. The highest BCUT2D eigenvalue weighted by molar-refractivity contribution is 7.07. The van der Waals surface area contributed by atoms with Gasteiger partial charge in [-0.1, -0.05) is 42.2 Å². The molecular formula is C29H30N2O6S. The van der Waals surface area contributed by atoms with E-state index in [1.165, 1.54) is 11.3 Å². The quantitative estimate of drug-likeness (QED) is 0.291. The van der Waals surface area contributed by atoms with Crippen molar-refractivity contribution in [2.45, 2.75) is 26.8 Å². The molecule has 0 spiro atoms. The average Bonchev–Trinajstić information content (AvgIpc) is 3.21. The number of esters is 1. The lowest BCUT2D eigenvalue weighted by atomic mass is 9.96. The molecule has 1 atom stereocenters. The Morgan fingerprint density at radius 3 is 2.53 bits per heavy atom. The fourth-order valence-electron chi connectivity index (χ4n) is 4.21. The Labute approximate surface area is 224 Å². The van der Waals surface area contributed by atoms with Gasteiger partial charge in [-0.2, -0.15) is 0 Å². The molecule has 0 aliphatic carbocycles. The van der Waals surface area contributed by atoms with Crippen molar-refractivity contribution < 1.29 is 23.7 Å². The third-order valence-electron chi connectivity index (χ3n) is 5.87. The number of hydrogen-bond acceptors (Lipinski definition) is 8. The number of hydrogen-bond donors (Lipinski definition) is 0. The van der Waals surface area contributed by atoms with Crippen molar-refractivity contribution in [3.05, 3.63) is 97.2 Å². The number of nitrogens with zero attached hydrogens (tertiary/aromatic N) is 2. The average molecular weight is 535 g/mol. The molecule has 1 aromatic heterocycles. The van der Waals surface area contributed by atoms with Crippen LogP contribution in [-0.4, -0.2) is 37.5 Å². The molecule has 0 radical (unpaired) electrons. The molecule has 8 nitrogen and oxygen atoms in total.